The molecule has 4 nitrogen and oxygen atoms in total. The number of alkyl halides is 3. The van der Waals surface area contributed by atoms with E-state index in [1.54, 1.807) is 7.05 Å². The Kier molecular flexibility index (Phi) is 6.30. The Labute approximate surface area is 130 Å². The zero-order valence-corrected chi connectivity index (χ0v) is 13.2. The molecule has 0 saturated carbocycles. The fourth-order valence-electron chi connectivity index (χ4n) is 1.53. The van der Waals surface area contributed by atoms with E-state index in [1.165, 1.54) is 6.07 Å². The lowest BCUT2D eigenvalue weighted by Crippen LogP contribution is -2.28. The Morgan fingerprint density at radius 2 is 1.86 bits per heavy atom. The van der Waals surface area contributed by atoms with E-state index in [9.17, 15) is 21.6 Å². The number of rotatable bonds is 6. The van der Waals surface area contributed by atoms with Gasteiger partial charge in [0.15, 0.2) is 0 Å². The molecule has 0 amide bonds. The van der Waals surface area contributed by atoms with Crippen LogP contribution in [0.4, 0.5) is 13.2 Å². The van der Waals surface area contributed by atoms with E-state index in [4.69, 9.17) is 23.2 Å². The summed E-state index contributed by atoms with van der Waals surface area (Å²) in [7, 11) is -2.52. The van der Waals surface area contributed by atoms with Gasteiger partial charge in [-0.15, -0.1) is 0 Å². The molecule has 0 aliphatic heterocycles. The van der Waals surface area contributed by atoms with Crippen LogP contribution in [0.25, 0.3) is 0 Å². The van der Waals surface area contributed by atoms with Gasteiger partial charge in [0.1, 0.15) is 4.90 Å². The molecule has 0 unspecified atom stereocenters. The van der Waals surface area contributed by atoms with Crippen LogP contribution in [0.1, 0.15) is 12.0 Å². The van der Waals surface area contributed by atoms with Crippen molar-refractivity contribution in [3.05, 3.63) is 27.7 Å². The van der Waals surface area contributed by atoms with Crippen molar-refractivity contribution in [2.75, 3.05) is 13.6 Å². The number of hydrogen-bond acceptors (Lipinski definition) is 3. The molecule has 120 valence electrons. The Morgan fingerprint density at radius 3 is 2.38 bits per heavy atom. The van der Waals surface area contributed by atoms with Crippen molar-refractivity contribution in [1.82, 2.24) is 10.0 Å². The normalized spacial score (nSPS) is 12.7. The molecule has 0 aliphatic rings. The first-order chi connectivity index (χ1) is 9.58. The molecule has 0 bridgehead atoms. The lowest BCUT2D eigenvalue weighted by molar-refractivity contribution is -0.132. The van der Waals surface area contributed by atoms with Crippen LogP contribution in [0, 0.1) is 0 Å². The largest absolute Gasteiger partial charge is 0.390 e. The lowest BCUT2D eigenvalue weighted by atomic mass is 10.2. The van der Waals surface area contributed by atoms with E-state index in [-0.39, 0.29) is 21.5 Å². The number of nitrogens with one attached hydrogen (secondary N) is 2. The van der Waals surface area contributed by atoms with Gasteiger partial charge in [-0.3, -0.25) is 0 Å². The van der Waals surface area contributed by atoms with Crippen LogP contribution in [0.15, 0.2) is 17.0 Å². The van der Waals surface area contributed by atoms with Crippen molar-refractivity contribution < 1.29 is 21.6 Å². The Bertz CT molecular complexity index is 606. The summed E-state index contributed by atoms with van der Waals surface area (Å²) in [5.74, 6) is 0. The van der Waals surface area contributed by atoms with E-state index in [1.807, 2.05) is 4.72 Å². The summed E-state index contributed by atoms with van der Waals surface area (Å²) in [6.45, 7) is -0.532. The van der Waals surface area contributed by atoms with Crippen molar-refractivity contribution in [2.24, 2.45) is 0 Å². The first-order valence-corrected chi connectivity index (χ1v) is 8.00. The van der Waals surface area contributed by atoms with E-state index in [0.29, 0.717) is 5.56 Å². The highest BCUT2D eigenvalue weighted by atomic mass is 35.5. The smallest absolute Gasteiger partial charge is 0.316 e. The van der Waals surface area contributed by atoms with E-state index in [2.05, 4.69) is 5.32 Å². The number of benzene rings is 1. The number of hydrogen-bond donors (Lipinski definition) is 2. The van der Waals surface area contributed by atoms with E-state index >= 15 is 0 Å². The molecule has 0 spiro atoms. The van der Waals surface area contributed by atoms with Gasteiger partial charge in [-0.05, 0) is 19.2 Å². The van der Waals surface area contributed by atoms with Crippen LogP contribution < -0.4 is 10.0 Å². The van der Waals surface area contributed by atoms with Crippen molar-refractivity contribution in [2.45, 2.75) is 24.0 Å². The zero-order valence-electron chi connectivity index (χ0n) is 10.9. The van der Waals surface area contributed by atoms with Crippen LogP contribution in [0.5, 0.6) is 0 Å². The van der Waals surface area contributed by atoms with Crippen molar-refractivity contribution in [3.8, 4) is 0 Å². The second kappa shape index (κ2) is 7.15. The van der Waals surface area contributed by atoms with Crippen LogP contribution in [0.3, 0.4) is 0 Å². The highest BCUT2D eigenvalue weighted by Gasteiger charge is 2.28. The zero-order chi connectivity index (χ0) is 16.3. The Hall–Kier alpha value is -0.540. The van der Waals surface area contributed by atoms with E-state index in [0.717, 1.165) is 6.07 Å². The molecule has 0 atom stereocenters. The summed E-state index contributed by atoms with van der Waals surface area (Å²) in [5.41, 5.74) is 0.361. The molecule has 0 fully saturated rings. The third-order valence-electron chi connectivity index (χ3n) is 2.49. The molecule has 0 aromatic heterocycles. The van der Waals surface area contributed by atoms with Crippen molar-refractivity contribution in [1.29, 1.82) is 0 Å². The van der Waals surface area contributed by atoms with Gasteiger partial charge in [0.05, 0.1) is 11.4 Å². The minimum absolute atomic E-state index is 0.114. The highest BCUT2D eigenvalue weighted by molar-refractivity contribution is 7.89. The predicted octanol–water partition coefficient (Wildman–Crippen LogP) is 2.94. The van der Waals surface area contributed by atoms with Gasteiger partial charge in [0.25, 0.3) is 0 Å². The Morgan fingerprint density at radius 1 is 1.24 bits per heavy atom. The molecule has 0 radical (unpaired) electrons. The lowest BCUT2D eigenvalue weighted by Gasteiger charge is -2.13. The van der Waals surface area contributed by atoms with Gasteiger partial charge in [0.2, 0.25) is 10.0 Å². The van der Waals surface area contributed by atoms with Gasteiger partial charge < -0.3 is 5.32 Å². The number of sulfonamides is 1. The summed E-state index contributed by atoms with van der Waals surface area (Å²) < 4.78 is 62.0. The van der Waals surface area contributed by atoms with Gasteiger partial charge in [-0.25, -0.2) is 13.1 Å². The third kappa shape index (κ3) is 5.30. The van der Waals surface area contributed by atoms with Gasteiger partial charge in [0, 0.05) is 23.7 Å². The first-order valence-electron chi connectivity index (χ1n) is 5.76. The molecule has 10 heteroatoms. The van der Waals surface area contributed by atoms with Gasteiger partial charge in [-0.1, -0.05) is 23.2 Å². The quantitative estimate of drug-likeness (QED) is 0.815. The molecule has 21 heavy (non-hydrogen) atoms. The standard InChI is InChI=1S/C11H13Cl2F3N2O2S/c1-17-6-7-8(12)2-3-9(10(7)13)21(19,20)18-5-4-11(14,15)16/h2-3,17-18H,4-6H2,1H3. The van der Waals surface area contributed by atoms with E-state index < -0.39 is 29.2 Å². The molecule has 1 aromatic carbocycles. The first kappa shape index (κ1) is 18.5. The molecule has 0 aliphatic carbocycles. The summed E-state index contributed by atoms with van der Waals surface area (Å²) >= 11 is 11.9. The third-order valence-corrected chi connectivity index (χ3v) is 4.90. The second-order valence-corrected chi connectivity index (χ2v) is 6.65. The minimum Gasteiger partial charge on any atom is -0.316 e. The predicted molar refractivity (Wildman–Crippen MR) is 75.1 cm³/mol. The Balaban J connectivity index is 3.01. The molecular formula is C11H13Cl2F3N2O2S. The monoisotopic (exact) mass is 364 g/mol. The molecule has 2 N–H and O–H groups in total. The molecule has 0 heterocycles. The van der Waals surface area contributed by atoms with Crippen LogP contribution in [-0.2, 0) is 16.6 Å². The maximum atomic E-state index is 12.0. The SMILES string of the molecule is CNCc1c(Cl)ccc(S(=O)(=O)NCCC(F)(F)F)c1Cl. The van der Waals surface area contributed by atoms with Gasteiger partial charge in [-0.2, -0.15) is 13.2 Å². The maximum absolute atomic E-state index is 12.0. The van der Waals surface area contributed by atoms with Crippen LogP contribution in [0.2, 0.25) is 10.0 Å². The maximum Gasteiger partial charge on any atom is 0.390 e. The van der Waals surface area contributed by atoms with Crippen LogP contribution >= 0.6 is 23.2 Å². The number of halogens is 5. The fourth-order valence-corrected chi connectivity index (χ4v) is 3.47. The average molecular weight is 365 g/mol. The average Bonchev–Trinajstić information content (AvgIpc) is 2.32. The fraction of sp³-hybridized carbons (Fsp3) is 0.455. The minimum atomic E-state index is -4.44. The highest BCUT2D eigenvalue weighted by Crippen LogP contribution is 2.31. The summed E-state index contributed by atoms with van der Waals surface area (Å²) in [4.78, 5) is -0.305. The molecule has 1 rings (SSSR count). The topological polar surface area (TPSA) is 58.2 Å². The summed E-state index contributed by atoms with van der Waals surface area (Å²) in [5, 5.41) is 2.93. The summed E-state index contributed by atoms with van der Waals surface area (Å²) in [6.07, 6.45) is -5.70. The van der Waals surface area contributed by atoms with Crippen molar-refractivity contribution in [3.63, 3.8) is 0 Å². The van der Waals surface area contributed by atoms with Gasteiger partial charge >= 0.3 is 6.18 Å². The summed E-state index contributed by atoms with van der Waals surface area (Å²) in [6, 6.07) is 2.48. The molecular weight excluding hydrogens is 352 g/mol. The second-order valence-electron chi connectivity index (χ2n) is 4.13. The van der Waals surface area contributed by atoms with Crippen molar-refractivity contribution >= 4 is 33.2 Å². The molecule has 0 saturated heterocycles. The van der Waals surface area contributed by atoms with Crippen LogP contribution in [-0.4, -0.2) is 28.2 Å². The molecule has 1 aromatic rings.